The zero-order chi connectivity index (χ0) is 14.6. The Morgan fingerprint density at radius 1 is 1.32 bits per heavy atom. The predicted octanol–water partition coefficient (Wildman–Crippen LogP) is 2.41. The number of hydrogen-bond donors (Lipinski definition) is 1. The first-order chi connectivity index (χ1) is 8.70. The number of halogens is 1. The lowest BCUT2D eigenvalue weighted by atomic mass is 10.1. The molecule has 0 aliphatic carbocycles. The highest BCUT2D eigenvalue weighted by Crippen LogP contribution is 2.30. The molecule has 2 rings (SSSR count). The first-order valence-corrected chi connectivity index (χ1v) is 7.43. The number of benzene rings is 1. The van der Waals surface area contributed by atoms with E-state index in [-0.39, 0.29) is 5.69 Å². The quantitative estimate of drug-likeness (QED) is 0.481. The topological polar surface area (TPSA) is 110 Å². The number of nitro benzene ring substituents is 1. The number of non-ortho nitro benzene ring substituents is 1. The third kappa shape index (κ3) is 4.89. The van der Waals surface area contributed by atoms with Gasteiger partial charge in [0.1, 0.15) is 0 Å². The lowest BCUT2D eigenvalue weighted by Crippen LogP contribution is -1.90. The van der Waals surface area contributed by atoms with Crippen LogP contribution in [0.25, 0.3) is 10.8 Å². The average Bonchev–Trinajstić information content (AvgIpc) is 2.27. The van der Waals surface area contributed by atoms with Gasteiger partial charge in [0.15, 0.2) is 0 Å². The van der Waals surface area contributed by atoms with Gasteiger partial charge in [0.2, 0.25) is 0 Å². The third-order valence-electron chi connectivity index (χ3n) is 1.94. The molecule has 2 aromatic rings. The molecule has 1 aromatic heterocycles. The number of aromatic nitrogens is 1. The molecule has 0 radical (unpaired) electrons. The fourth-order valence-corrected chi connectivity index (χ4v) is 1.78. The second-order valence-electron chi connectivity index (χ2n) is 3.48. The Bertz CT molecular complexity index is 709. The van der Waals surface area contributed by atoms with Crippen LogP contribution in [0.1, 0.15) is 0 Å². The number of fused-ring (bicyclic) bond motifs is 1. The molecule has 0 spiro atoms. The summed E-state index contributed by atoms with van der Waals surface area (Å²) in [6.07, 6.45) is 3.82. The SMILES string of the molecule is CS(=O)(=O)O.O=[N+]([O-])c1ccc(Br)c2ccncc12. The van der Waals surface area contributed by atoms with E-state index in [4.69, 9.17) is 4.55 Å². The number of pyridine rings is 1. The van der Waals surface area contributed by atoms with Crippen LogP contribution in [0.15, 0.2) is 35.1 Å². The largest absolute Gasteiger partial charge is 0.286 e. The van der Waals surface area contributed by atoms with Crippen molar-refractivity contribution in [2.24, 2.45) is 0 Å². The molecule has 0 fully saturated rings. The maximum atomic E-state index is 10.7. The molecule has 0 aliphatic heterocycles. The lowest BCUT2D eigenvalue weighted by molar-refractivity contribution is -0.383. The maximum absolute atomic E-state index is 10.7. The predicted molar refractivity (Wildman–Crippen MR) is 73.6 cm³/mol. The second-order valence-corrected chi connectivity index (χ2v) is 5.80. The number of hydrogen-bond acceptors (Lipinski definition) is 5. The first-order valence-electron chi connectivity index (χ1n) is 4.79. The fraction of sp³-hybridized carbons (Fsp3) is 0.100. The van der Waals surface area contributed by atoms with Crippen LogP contribution < -0.4 is 0 Å². The van der Waals surface area contributed by atoms with Gasteiger partial charge in [-0.3, -0.25) is 19.7 Å². The Hall–Kier alpha value is -1.58. The van der Waals surface area contributed by atoms with Gasteiger partial charge in [0, 0.05) is 28.3 Å². The molecule has 1 N–H and O–H groups in total. The summed E-state index contributed by atoms with van der Waals surface area (Å²) in [6, 6.07) is 4.88. The number of nitrogens with zero attached hydrogens (tertiary/aromatic N) is 2. The molecule has 7 nitrogen and oxygen atoms in total. The van der Waals surface area contributed by atoms with Crippen LogP contribution in [-0.4, -0.2) is 29.1 Å². The van der Waals surface area contributed by atoms with Crippen molar-refractivity contribution in [2.45, 2.75) is 0 Å². The summed E-state index contributed by atoms with van der Waals surface area (Å²) in [5.74, 6) is 0. The van der Waals surface area contributed by atoms with Crippen LogP contribution in [0.2, 0.25) is 0 Å². The first kappa shape index (κ1) is 15.5. The smallest absolute Gasteiger partial charge is 0.278 e. The van der Waals surface area contributed by atoms with Crippen molar-refractivity contribution in [3.05, 3.63) is 45.2 Å². The highest BCUT2D eigenvalue weighted by molar-refractivity contribution is 9.10. The van der Waals surface area contributed by atoms with Gasteiger partial charge in [-0.25, -0.2) is 0 Å². The molecule has 102 valence electrons. The lowest BCUT2D eigenvalue weighted by Gasteiger charge is -2.00. The van der Waals surface area contributed by atoms with Crippen molar-refractivity contribution < 1.29 is 17.9 Å². The normalized spacial score (nSPS) is 10.7. The Morgan fingerprint density at radius 2 is 1.89 bits per heavy atom. The number of nitro groups is 1. The molecule has 0 unspecified atom stereocenters. The van der Waals surface area contributed by atoms with Crippen LogP contribution in [0.3, 0.4) is 0 Å². The fourth-order valence-electron chi connectivity index (χ4n) is 1.30. The van der Waals surface area contributed by atoms with Crippen molar-refractivity contribution in [1.29, 1.82) is 0 Å². The summed E-state index contributed by atoms with van der Waals surface area (Å²) in [5, 5.41) is 12.0. The average molecular weight is 349 g/mol. The van der Waals surface area contributed by atoms with Crippen LogP contribution in [0, 0.1) is 10.1 Å². The van der Waals surface area contributed by atoms with Gasteiger partial charge in [0.05, 0.1) is 16.6 Å². The Labute approximate surface area is 117 Å². The van der Waals surface area contributed by atoms with Crippen molar-refractivity contribution in [3.63, 3.8) is 0 Å². The van der Waals surface area contributed by atoms with E-state index in [0.717, 1.165) is 9.86 Å². The zero-order valence-corrected chi connectivity index (χ0v) is 12.1. The van der Waals surface area contributed by atoms with Crippen LogP contribution in [-0.2, 0) is 10.1 Å². The van der Waals surface area contributed by atoms with E-state index in [1.165, 1.54) is 12.3 Å². The van der Waals surface area contributed by atoms with Gasteiger partial charge in [0.25, 0.3) is 15.8 Å². The molecule has 9 heteroatoms. The minimum absolute atomic E-state index is 0.0799. The summed E-state index contributed by atoms with van der Waals surface area (Å²) >= 11 is 3.33. The maximum Gasteiger partial charge on any atom is 0.278 e. The highest BCUT2D eigenvalue weighted by Gasteiger charge is 2.12. The number of rotatable bonds is 1. The van der Waals surface area contributed by atoms with Gasteiger partial charge in [-0.05, 0) is 12.1 Å². The zero-order valence-electron chi connectivity index (χ0n) is 9.65. The summed E-state index contributed by atoms with van der Waals surface area (Å²) in [7, 11) is -3.67. The highest BCUT2D eigenvalue weighted by atomic mass is 79.9. The van der Waals surface area contributed by atoms with E-state index in [1.54, 1.807) is 18.3 Å². The summed E-state index contributed by atoms with van der Waals surface area (Å²) in [5.41, 5.74) is 0.0799. The standard InChI is InChI=1S/C9H5BrN2O2.CH4O3S/c10-8-1-2-9(12(13)14)7-5-11-4-3-6(7)8;1-5(2,3)4/h1-5H;1H3,(H,2,3,4). The van der Waals surface area contributed by atoms with Gasteiger partial charge < -0.3 is 0 Å². The molecule has 0 saturated carbocycles. The Kier molecular flexibility index (Phi) is 4.92. The van der Waals surface area contributed by atoms with E-state index >= 15 is 0 Å². The summed E-state index contributed by atoms with van der Waals surface area (Å²) in [6.45, 7) is 0. The van der Waals surface area contributed by atoms with Crippen molar-refractivity contribution in [3.8, 4) is 0 Å². The summed E-state index contributed by atoms with van der Waals surface area (Å²) < 4.78 is 26.7. The molecule has 0 amide bonds. The molecule has 0 bridgehead atoms. The second kappa shape index (κ2) is 6.04. The molecular formula is C10H9BrN2O5S. The van der Waals surface area contributed by atoms with Crippen LogP contribution >= 0.6 is 15.9 Å². The van der Waals surface area contributed by atoms with E-state index in [2.05, 4.69) is 20.9 Å². The minimum atomic E-state index is -3.67. The van der Waals surface area contributed by atoms with Crippen LogP contribution in [0.5, 0.6) is 0 Å². The Balaban J connectivity index is 0.000000312. The molecular weight excluding hydrogens is 340 g/mol. The van der Waals surface area contributed by atoms with Crippen molar-refractivity contribution >= 4 is 42.5 Å². The molecule has 1 aromatic carbocycles. The van der Waals surface area contributed by atoms with Crippen LogP contribution in [0.4, 0.5) is 5.69 Å². The molecule has 19 heavy (non-hydrogen) atoms. The van der Waals surface area contributed by atoms with E-state index in [9.17, 15) is 18.5 Å². The monoisotopic (exact) mass is 348 g/mol. The molecule has 0 atom stereocenters. The van der Waals surface area contributed by atoms with Gasteiger partial charge in [-0.2, -0.15) is 8.42 Å². The van der Waals surface area contributed by atoms with Crippen molar-refractivity contribution in [2.75, 3.05) is 6.26 Å². The summed E-state index contributed by atoms with van der Waals surface area (Å²) in [4.78, 5) is 14.2. The molecule has 0 aliphatic rings. The minimum Gasteiger partial charge on any atom is -0.286 e. The van der Waals surface area contributed by atoms with E-state index < -0.39 is 15.0 Å². The third-order valence-corrected chi connectivity index (χ3v) is 2.63. The van der Waals surface area contributed by atoms with E-state index in [0.29, 0.717) is 11.6 Å². The van der Waals surface area contributed by atoms with E-state index in [1.807, 2.05) is 0 Å². The molecule has 1 heterocycles. The Morgan fingerprint density at radius 3 is 2.42 bits per heavy atom. The van der Waals surface area contributed by atoms with Gasteiger partial charge in [-0.15, -0.1) is 0 Å². The van der Waals surface area contributed by atoms with Gasteiger partial charge in [-0.1, -0.05) is 15.9 Å². The van der Waals surface area contributed by atoms with Crippen molar-refractivity contribution in [1.82, 2.24) is 4.98 Å². The van der Waals surface area contributed by atoms with Gasteiger partial charge >= 0.3 is 0 Å². The molecule has 0 saturated heterocycles.